The molecule has 0 spiro atoms. The maximum atomic E-state index is 11.5. The summed E-state index contributed by atoms with van der Waals surface area (Å²) >= 11 is 4.95. The Morgan fingerprint density at radius 2 is 2.00 bits per heavy atom. The lowest BCUT2D eigenvalue weighted by atomic mass is 10.2. The Hall–Kier alpha value is -2.41. The molecule has 0 bridgehead atoms. The van der Waals surface area contributed by atoms with Crippen LogP contribution in [0.2, 0.25) is 0 Å². The van der Waals surface area contributed by atoms with Crippen molar-refractivity contribution in [2.24, 2.45) is 5.73 Å². The number of nitrogens with two attached hydrogens (primary N) is 1. The first-order valence-electron chi connectivity index (χ1n) is 6.40. The second-order valence-electron chi connectivity index (χ2n) is 4.36. The van der Waals surface area contributed by atoms with Crippen molar-refractivity contribution in [3.63, 3.8) is 0 Å². The van der Waals surface area contributed by atoms with Crippen LogP contribution >= 0.6 is 12.2 Å². The molecular weight excluding hydrogens is 290 g/mol. The summed E-state index contributed by atoms with van der Waals surface area (Å²) in [4.78, 5) is 22.9. The molecule has 0 saturated carbocycles. The fourth-order valence-electron chi connectivity index (χ4n) is 1.83. The second kappa shape index (κ2) is 6.85. The van der Waals surface area contributed by atoms with E-state index in [1.165, 1.54) is 16.8 Å². The van der Waals surface area contributed by atoms with Crippen LogP contribution in [-0.2, 0) is 6.54 Å². The zero-order chi connectivity index (χ0) is 15.2. The Kier molecular flexibility index (Phi) is 4.89. The minimum absolute atomic E-state index is 0.252. The van der Waals surface area contributed by atoms with Crippen LogP contribution in [0.15, 0.2) is 46.0 Å². The van der Waals surface area contributed by atoms with Gasteiger partial charge in [-0.15, -0.1) is 0 Å². The number of para-hydroxylation sites is 1. The molecule has 1 aromatic carbocycles. The van der Waals surface area contributed by atoms with E-state index in [-0.39, 0.29) is 16.1 Å². The number of nitrogens with one attached hydrogen (secondary N) is 1. The molecule has 21 heavy (non-hydrogen) atoms. The highest BCUT2D eigenvalue weighted by atomic mass is 32.1. The average Bonchev–Trinajstić information content (AvgIpc) is 2.47. The Morgan fingerprint density at radius 1 is 1.24 bits per heavy atom. The molecular formula is C14H15N3O3S. The summed E-state index contributed by atoms with van der Waals surface area (Å²) < 4.78 is 6.87. The number of hydrogen-bond donors (Lipinski definition) is 2. The second-order valence-corrected chi connectivity index (χ2v) is 4.80. The first-order valence-corrected chi connectivity index (χ1v) is 6.80. The Bertz CT molecular complexity index is 751. The van der Waals surface area contributed by atoms with Crippen molar-refractivity contribution in [3.8, 4) is 5.75 Å². The molecule has 2 rings (SSSR count). The van der Waals surface area contributed by atoms with Crippen molar-refractivity contribution < 1.29 is 4.74 Å². The molecule has 0 amide bonds. The predicted octanol–water partition coefficient (Wildman–Crippen LogP) is 0.640. The SMILES string of the molecule is NC(=S)c1ccccc1OCCCn1[nH]c(=O)ccc1=O. The van der Waals surface area contributed by atoms with Crippen LogP contribution in [0.5, 0.6) is 5.75 Å². The van der Waals surface area contributed by atoms with Gasteiger partial charge in [-0.25, -0.2) is 0 Å². The monoisotopic (exact) mass is 305 g/mol. The number of rotatable bonds is 6. The average molecular weight is 305 g/mol. The lowest BCUT2D eigenvalue weighted by molar-refractivity contribution is 0.296. The summed E-state index contributed by atoms with van der Waals surface area (Å²) in [6, 6.07) is 9.67. The van der Waals surface area contributed by atoms with Gasteiger partial charge in [0.2, 0.25) is 0 Å². The Morgan fingerprint density at radius 3 is 2.76 bits per heavy atom. The van der Waals surface area contributed by atoms with Gasteiger partial charge in [-0.2, -0.15) is 0 Å². The number of hydrogen-bond acceptors (Lipinski definition) is 4. The van der Waals surface area contributed by atoms with E-state index in [0.717, 1.165) is 0 Å². The van der Waals surface area contributed by atoms with Gasteiger partial charge >= 0.3 is 0 Å². The Labute approximate surface area is 126 Å². The van der Waals surface area contributed by atoms with Crippen molar-refractivity contribution in [3.05, 3.63) is 62.7 Å². The van der Waals surface area contributed by atoms with E-state index in [0.29, 0.717) is 30.9 Å². The number of nitrogens with zero attached hydrogens (tertiary/aromatic N) is 1. The molecule has 0 saturated heterocycles. The summed E-state index contributed by atoms with van der Waals surface area (Å²) in [7, 11) is 0. The standard InChI is InChI=1S/C14H15N3O3S/c15-14(21)10-4-1-2-5-11(10)20-9-3-8-17-13(19)7-6-12(18)16-17/h1-2,4-7H,3,8-9H2,(H2,15,21)(H,16,18). The first kappa shape index (κ1) is 15.0. The molecule has 0 radical (unpaired) electrons. The molecule has 1 aromatic heterocycles. The van der Waals surface area contributed by atoms with Crippen LogP contribution < -0.4 is 21.6 Å². The third kappa shape index (κ3) is 4.03. The van der Waals surface area contributed by atoms with Gasteiger partial charge in [0.15, 0.2) is 0 Å². The van der Waals surface area contributed by atoms with Gasteiger partial charge in [-0.3, -0.25) is 19.4 Å². The van der Waals surface area contributed by atoms with Crippen molar-refractivity contribution >= 4 is 17.2 Å². The van der Waals surface area contributed by atoms with Gasteiger partial charge < -0.3 is 10.5 Å². The van der Waals surface area contributed by atoms with Gasteiger partial charge in [-0.05, 0) is 12.1 Å². The maximum Gasteiger partial charge on any atom is 0.265 e. The zero-order valence-corrected chi connectivity index (χ0v) is 12.1. The van der Waals surface area contributed by atoms with Gasteiger partial charge in [0, 0.05) is 25.1 Å². The van der Waals surface area contributed by atoms with Crippen molar-refractivity contribution in [2.75, 3.05) is 6.61 Å². The quantitative estimate of drug-likeness (QED) is 0.604. The molecule has 0 aliphatic heterocycles. The normalized spacial score (nSPS) is 10.3. The van der Waals surface area contributed by atoms with Crippen LogP contribution in [0, 0.1) is 0 Å². The maximum absolute atomic E-state index is 11.5. The van der Waals surface area contributed by atoms with Crippen LogP contribution in [-0.4, -0.2) is 21.4 Å². The van der Waals surface area contributed by atoms with E-state index in [1.54, 1.807) is 12.1 Å². The lowest BCUT2D eigenvalue weighted by Crippen LogP contribution is -2.28. The fraction of sp³-hybridized carbons (Fsp3) is 0.214. The van der Waals surface area contributed by atoms with Crippen LogP contribution in [0.1, 0.15) is 12.0 Å². The largest absolute Gasteiger partial charge is 0.493 e. The highest BCUT2D eigenvalue weighted by Crippen LogP contribution is 2.17. The molecule has 0 unspecified atom stereocenters. The summed E-state index contributed by atoms with van der Waals surface area (Å²) in [5, 5.41) is 2.46. The van der Waals surface area contributed by atoms with Crippen LogP contribution in [0.3, 0.4) is 0 Å². The van der Waals surface area contributed by atoms with E-state index in [1.807, 2.05) is 12.1 Å². The van der Waals surface area contributed by atoms with Gasteiger partial charge in [-0.1, -0.05) is 24.4 Å². The molecule has 0 atom stereocenters. The molecule has 0 fully saturated rings. The number of aryl methyl sites for hydroxylation is 1. The molecule has 3 N–H and O–H groups in total. The summed E-state index contributed by atoms with van der Waals surface area (Å²) in [5.74, 6) is 0.610. The van der Waals surface area contributed by atoms with E-state index < -0.39 is 0 Å². The number of H-pyrrole nitrogens is 1. The predicted molar refractivity (Wildman–Crippen MR) is 83.8 cm³/mol. The minimum Gasteiger partial charge on any atom is -0.493 e. The van der Waals surface area contributed by atoms with Crippen molar-refractivity contribution in [1.82, 2.24) is 9.78 Å². The van der Waals surface area contributed by atoms with Crippen LogP contribution in [0.25, 0.3) is 0 Å². The van der Waals surface area contributed by atoms with Gasteiger partial charge in [0.1, 0.15) is 10.7 Å². The topological polar surface area (TPSA) is 90.1 Å². The van der Waals surface area contributed by atoms with Gasteiger partial charge in [0.25, 0.3) is 11.1 Å². The number of aromatic amines is 1. The van der Waals surface area contributed by atoms with E-state index >= 15 is 0 Å². The zero-order valence-electron chi connectivity index (χ0n) is 11.2. The third-order valence-corrected chi connectivity index (χ3v) is 3.04. The van der Waals surface area contributed by atoms with E-state index in [4.69, 9.17) is 22.7 Å². The molecule has 0 aliphatic carbocycles. The highest BCUT2D eigenvalue weighted by Gasteiger charge is 2.05. The Balaban J connectivity index is 1.94. The molecule has 1 heterocycles. The van der Waals surface area contributed by atoms with Crippen molar-refractivity contribution in [2.45, 2.75) is 13.0 Å². The van der Waals surface area contributed by atoms with Crippen LogP contribution in [0.4, 0.5) is 0 Å². The molecule has 6 nitrogen and oxygen atoms in total. The van der Waals surface area contributed by atoms with E-state index in [2.05, 4.69) is 5.10 Å². The number of ether oxygens (including phenoxy) is 1. The molecule has 2 aromatic rings. The molecule has 110 valence electrons. The molecule has 0 aliphatic rings. The van der Waals surface area contributed by atoms with E-state index in [9.17, 15) is 9.59 Å². The lowest BCUT2D eigenvalue weighted by Gasteiger charge is -2.10. The summed E-state index contributed by atoms with van der Waals surface area (Å²) in [6.45, 7) is 0.743. The highest BCUT2D eigenvalue weighted by molar-refractivity contribution is 7.80. The smallest absolute Gasteiger partial charge is 0.265 e. The number of benzene rings is 1. The summed E-state index contributed by atoms with van der Waals surface area (Å²) in [6.07, 6.45) is 0.561. The first-order chi connectivity index (χ1) is 10.1. The molecule has 7 heteroatoms. The van der Waals surface area contributed by atoms with Crippen molar-refractivity contribution in [1.29, 1.82) is 0 Å². The van der Waals surface area contributed by atoms with Gasteiger partial charge in [0.05, 0.1) is 12.2 Å². The summed E-state index contributed by atoms with van der Waals surface area (Å²) in [5.41, 5.74) is 5.73. The number of aromatic nitrogens is 2. The number of thiocarbonyl (C=S) groups is 1. The minimum atomic E-state index is -0.311. The third-order valence-electron chi connectivity index (χ3n) is 2.82. The fourth-order valence-corrected chi connectivity index (χ4v) is 2.00.